The Labute approximate surface area is 135 Å². The molecular formula is C18H21NO4. The predicted octanol–water partition coefficient (Wildman–Crippen LogP) is 2.62. The quantitative estimate of drug-likeness (QED) is 0.607. The molecule has 1 heterocycles. The minimum absolute atomic E-state index is 0.108. The molecule has 1 aromatic carbocycles. The number of hydrogen-bond donors (Lipinski definition) is 0. The van der Waals surface area contributed by atoms with Crippen molar-refractivity contribution in [2.24, 2.45) is 7.05 Å². The number of ketones is 1. The van der Waals surface area contributed by atoms with Crippen LogP contribution in [0.15, 0.2) is 30.3 Å². The number of aromatic nitrogens is 1. The predicted molar refractivity (Wildman–Crippen MR) is 86.9 cm³/mol. The third-order valence-corrected chi connectivity index (χ3v) is 3.92. The molecule has 0 aliphatic heterocycles. The average molecular weight is 315 g/mol. The van der Waals surface area contributed by atoms with Crippen molar-refractivity contribution in [3.8, 4) is 5.75 Å². The molecule has 5 nitrogen and oxygen atoms in total. The molecule has 0 aliphatic rings. The van der Waals surface area contributed by atoms with Crippen LogP contribution in [0.1, 0.15) is 27.3 Å². The fourth-order valence-corrected chi connectivity index (χ4v) is 2.36. The van der Waals surface area contributed by atoms with E-state index in [9.17, 15) is 9.59 Å². The maximum Gasteiger partial charge on any atom is 0.310 e. The zero-order chi connectivity index (χ0) is 17.0. The lowest BCUT2D eigenvalue weighted by atomic mass is 10.1. The number of carbonyl (C=O) groups excluding carboxylic acids is 2. The third-order valence-electron chi connectivity index (χ3n) is 3.92. The van der Waals surface area contributed by atoms with Crippen LogP contribution in [0.4, 0.5) is 0 Å². The molecule has 122 valence electrons. The molecule has 0 saturated carbocycles. The van der Waals surface area contributed by atoms with Crippen molar-refractivity contribution in [3.05, 3.63) is 52.8 Å². The highest BCUT2D eigenvalue weighted by Gasteiger charge is 2.16. The molecule has 0 bridgehead atoms. The molecule has 0 aliphatic carbocycles. The van der Waals surface area contributed by atoms with E-state index in [4.69, 9.17) is 9.47 Å². The second kappa shape index (κ2) is 7.13. The lowest BCUT2D eigenvalue weighted by Crippen LogP contribution is -2.16. The first-order valence-electron chi connectivity index (χ1n) is 7.37. The van der Waals surface area contributed by atoms with E-state index in [0.29, 0.717) is 11.3 Å². The Kier molecular flexibility index (Phi) is 5.21. The van der Waals surface area contributed by atoms with Gasteiger partial charge in [0, 0.05) is 24.0 Å². The summed E-state index contributed by atoms with van der Waals surface area (Å²) in [5.74, 6) is 0.0591. The van der Waals surface area contributed by atoms with E-state index < -0.39 is 5.97 Å². The molecule has 0 amide bonds. The number of hydrogen-bond acceptors (Lipinski definition) is 4. The summed E-state index contributed by atoms with van der Waals surface area (Å²) in [5.41, 5.74) is 3.25. The first kappa shape index (κ1) is 16.8. The van der Waals surface area contributed by atoms with E-state index in [2.05, 4.69) is 0 Å². The molecule has 0 saturated heterocycles. The minimum atomic E-state index is -0.433. The molecule has 0 radical (unpaired) electrons. The van der Waals surface area contributed by atoms with Crippen molar-refractivity contribution >= 4 is 11.8 Å². The van der Waals surface area contributed by atoms with E-state index in [1.54, 1.807) is 19.2 Å². The summed E-state index contributed by atoms with van der Waals surface area (Å²) >= 11 is 0. The van der Waals surface area contributed by atoms with Crippen LogP contribution < -0.4 is 4.74 Å². The Morgan fingerprint density at radius 1 is 1.17 bits per heavy atom. The fraction of sp³-hybridized carbons (Fsp3) is 0.333. The Morgan fingerprint density at radius 3 is 2.52 bits per heavy atom. The van der Waals surface area contributed by atoms with Crippen LogP contribution in [-0.2, 0) is 23.0 Å². The maximum atomic E-state index is 12.2. The Balaban J connectivity index is 1.93. The summed E-state index contributed by atoms with van der Waals surface area (Å²) < 4.78 is 12.1. The van der Waals surface area contributed by atoms with Crippen LogP contribution in [-0.4, -0.2) is 30.0 Å². The summed E-state index contributed by atoms with van der Waals surface area (Å²) in [7, 11) is 3.47. The van der Waals surface area contributed by atoms with E-state index in [1.165, 1.54) is 0 Å². The molecule has 0 unspecified atom stereocenters. The van der Waals surface area contributed by atoms with Crippen LogP contribution in [0.2, 0.25) is 0 Å². The second-order valence-electron chi connectivity index (χ2n) is 5.46. The van der Waals surface area contributed by atoms with Gasteiger partial charge in [-0.2, -0.15) is 0 Å². The van der Waals surface area contributed by atoms with Crippen LogP contribution in [0, 0.1) is 13.8 Å². The normalized spacial score (nSPS) is 10.4. The molecule has 0 spiro atoms. The number of esters is 1. The minimum Gasteiger partial charge on any atom is -0.497 e. The number of methoxy groups -OCH3 is 1. The molecule has 2 rings (SSSR count). The van der Waals surface area contributed by atoms with Crippen molar-refractivity contribution < 1.29 is 19.1 Å². The Morgan fingerprint density at radius 2 is 1.91 bits per heavy atom. The van der Waals surface area contributed by atoms with Gasteiger partial charge in [-0.3, -0.25) is 9.59 Å². The molecule has 0 atom stereocenters. The highest BCUT2D eigenvalue weighted by atomic mass is 16.5. The molecule has 5 heteroatoms. The van der Waals surface area contributed by atoms with Gasteiger partial charge in [-0.1, -0.05) is 12.1 Å². The van der Waals surface area contributed by atoms with E-state index in [1.807, 2.05) is 43.7 Å². The summed E-state index contributed by atoms with van der Waals surface area (Å²) in [6.45, 7) is 3.56. The lowest BCUT2D eigenvalue weighted by molar-refractivity contribution is -0.141. The summed E-state index contributed by atoms with van der Waals surface area (Å²) in [6, 6.07) is 9.01. The van der Waals surface area contributed by atoms with Crippen LogP contribution in [0.3, 0.4) is 0 Å². The zero-order valence-electron chi connectivity index (χ0n) is 13.9. The van der Waals surface area contributed by atoms with Gasteiger partial charge in [-0.25, -0.2) is 0 Å². The zero-order valence-corrected chi connectivity index (χ0v) is 13.9. The second-order valence-corrected chi connectivity index (χ2v) is 5.46. The van der Waals surface area contributed by atoms with Gasteiger partial charge in [-0.15, -0.1) is 0 Å². The third kappa shape index (κ3) is 4.00. The molecule has 23 heavy (non-hydrogen) atoms. The van der Waals surface area contributed by atoms with Crippen LogP contribution in [0.5, 0.6) is 5.75 Å². The van der Waals surface area contributed by atoms with Gasteiger partial charge in [0.25, 0.3) is 0 Å². The maximum absolute atomic E-state index is 12.2. The summed E-state index contributed by atoms with van der Waals surface area (Å²) in [6.07, 6.45) is 0.108. The van der Waals surface area contributed by atoms with Gasteiger partial charge in [0.2, 0.25) is 5.78 Å². The standard InChI is InChI=1S/C18H21NO4/c1-12-8-16(13(2)19(12)3)17(20)11-23-18(21)10-14-6-5-7-15(9-14)22-4/h5-9H,10-11H2,1-4H3. The molecular weight excluding hydrogens is 294 g/mol. The molecule has 1 aromatic heterocycles. The number of rotatable bonds is 6. The van der Waals surface area contributed by atoms with Crippen molar-refractivity contribution in [1.82, 2.24) is 4.57 Å². The molecule has 0 N–H and O–H groups in total. The molecule has 2 aromatic rings. The monoisotopic (exact) mass is 315 g/mol. The Bertz CT molecular complexity index is 731. The van der Waals surface area contributed by atoms with E-state index >= 15 is 0 Å². The van der Waals surface area contributed by atoms with Gasteiger partial charge in [0.15, 0.2) is 6.61 Å². The molecule has 0 fully saturated rings. The van der Waals surface area contributed by atoms with E-state index in [0.717, 1.165) is 17.0 Å². The summed E-state index contributed by atoms with van der Waals surface area (Å²) in [5, 5.41) is 0. The van der Waals surface area contributed by atoms with Crippen LogP contribution in [0.25, 0.3) is 0 Å². The van der Waals surface area contributed by atoms with Crippen molar-refractivity contribution in [1.29, 1.82) is 0 Å². The summed E-state index contributed by atoms with van der Waals surface area (Å²) in [4.78, 5) is 24.1. The Hall–Kier alpha value is -2.56. The number of benzene rings is 1. The van der Waals surface area contributed by atoms with Crippen LogP contribution >= 0.6 is 0 Å². The highest BCUT2D eigenvalue weighted by molar-refractivity contribution is 5.99. The number of ether oxygens (including phenoxy) is 2. The first-order valence-corrected chi connectivity index (χ1v) is 7.37. The van der Waals surface area contributed by atoms with Gasteiger partial charge in [-0.05, 0) is 37.6 Å². The number of aryl methyl sites for hydroxylation is 1. The largest absolute Gasteiger partial charge is 0.497 e. The average Bonchev–Trinajstić information content (AvgIpc) is 2.80. The van der Waals surface area contributed by atoms with Gasteiger partial charge >= 0.3 is 5.97 Å². The van der Waals surface area contributed by atoms with Gasteiger partial charge in [0.1, 0.15) is 5.75 Å². The van der Waals surface area contributed by atoms with Crippen molar-refractivity contribution in [3.63, 3.8) is 0 Å². The van der Waals surface area contributed by atoms with Gasteiger partial charge < -0.3 is 14.0 Å². The van der Waals surface area contributed by atoms with E-state index in [-0.39, 0.29) is 18.8 Å². The SMILES string of the molecule is COc1cccc(CC(=O)OCC(=O)c2cc(C)n(C)c2C)c1. The first-order chi connectivity index (χ1) is 10.9. The van der Waals surface area contributed by atoms with Gasteiger partial charge in [0.05, 0.1) is 13.5 Å². The number of carbonyl (C=O) groups is 2. The lowest BCUT2D eigenvalue weighted by Gasteiger charge is -2.06. The smallest absolute Gasteiger partial charge is 0.310 e. The van der Waals surface area contributed by atoms with Crippen molar-refractivity contribution in [2.45, 2.75) is 20.3 Å². The van der Waals surface area contributed by atoms with Crippen molar-refractivity contribution in [2.75, 3.05) is 13.7 Å². The fourth-order valence-electron chi connectivity index (χ4n) is 2.36. The topological polar surface area (TPSA) is 57.5 Å². The number of nitrogens with zero attached hydrogens (tertiary/aromatic N) is 1. The number of Topliss-reactive ketones (excluding diaryl/α,β-unsaturated/α-hetero) is 1. The highest BCUT2D eigenvalue weighted by Crippen LogP contribution is 2.15.